The first-order valence-corrected chi connectivity index (χ1v) is 11.9. The third-order valence-corrected chi connectivity index (χ3v) is 8.20. The van der Waals surface area contributed by atoms with Gasteiger partial charge in [-0.05, 0) is 63.7 Å². The molecule has 3 aliphatic heterocycles. The number of piperidine rings is 2. The number of nitrogens with zero attached hydrogens (tertiary/aromatic N) is 2. The summed E-state index contributed by atoms with van der Waals surface area (Å²) >= 11 is 1.66. The first-order chi connectivity index (χ1) is 14.6. The van der Waals surface area contributed by atoms with Crippen LogP contribution in [0.2, 0.25) is 0 Å². The van der Waals surface area contributed by atoms with Gasteiger partial charge in [-0.3, -0.25) is 9.69 Å². The minimum atomic E-state index is -0.169. The van der Waals surface area contributed by atoms with Crippen molar-refractivity contribution in [2.45, 2.75) is 57.2 Å². The van der Waals surface area contributed by atoms with Crippen molar-refractivity contribution in [1.82, 2.24) is 25.5 Å². The molecule has 2 fully saturated rings. The number of rotatable bonds is 4. The fraction of sp³-hybridized carbons (Fsp3) is 0.636. The molecule has 5 rings (SSSR count). The van der Waals surface area contributed by atoms with Crippen molar-refractivity contribution in [1.29, 1.82) is 0 Å². The third-order valence-electron chi connectivity index (χ3n) is 6.84. The van der Waals surface area contributed by atoms with Crippen LogP contribution in [0.1, 0.15) is 57.2 Å². The van der Waals surface area contributed by atoms with Crippen LogP contribution in [-0.2, 0) is 23.3 Å². The zero-order valence-electron chi connectivity index (χ0n) is 17.6. The maximum absolute atomic E-state index is 13.0. The van der Waals surface area contributed by atoms with E-state index in [0.29, 0.717) is 0 Å². The number of nitrogens with one attached hydrogen (secondary N) is 3. The van der Waals surface area contributed by atoms with Gasteiger partial charge in [-0.25, -0.2) is 4.98 Å². The van der Waals surface area contributed by atoms with Crippen molar-refractivity contribution in [3.8, 4) is 0 Å². The number of H-pyrrole nitrogens is 1. The maximum atomic E-state index is 13.0. The van der Waals surface area contributed by atoms with Gasteiger partial charge in [0.25, 0.3) is 5.91 Å². The molecular formula is C22H31N5O2S. The summed E-state index contributed by atoms with van der Waals surface area (Å²) in [4.78, 5) is 25.1. The zero-order chi connectivity index (χ0) is 20.6. The number of hydrogen-bond donors (Lipinski definition) is 3. The van der Waals surface area contributed by atoms with Gasteiger partial charge in [-0.2, -0.15) is 0 Å². The number of ether oxygens (including phenoxy) is 1. The van der Waals surface area contributed by atoms with E-state index in [9.17, 15) is 4.79 Å². The van der Waals surface area contributed by atoms with Crippen LogP contribution >= 0.6 is 11.3 Å². The van der Waals surface area contributed by atoms with Gasteiger partial charge in [0.2, 0.25) is 0 Å². The number of aromatic nitrogens is 2. The second-order valence-corrected chi connectivity index (χ2v) is 9.86. The Kier molecular flexibility index (Phi) is 5.66. The van der Waals surface area contributed by atoms with Crippen LogP contribution in [0.15, 0.2) is 12.4 Å². The molecule has 2 aromatic heterocycles. The molecule has 30 heavy (non-hydrogen) atoms. The fourth-order valence-electron chi connectivity index (χ4n) is 4.99. The van der Waals surface area contributed by atoms with Crippen molar-refractivity contribution in [3.05, 3.63) is 39.1 Å². The fourth-order valence-corrected chi connectivity index (χ4v) is 6.30. The minimum Gasteiger partial charge on any atom is -0.369 e. The van der Waals surface area contributed by atoms with Gasteiger partial charge in [0.05, 0.1) is 23.5 Å². The Morgan fingerprint density at radius 3 is 2.90 bits per heavy atom. The van der Waals surface area contributed by atoms with Gasteiger partial charge in [0, 0.05) is 36.2 Å². The molecule has 5 heterocycles. The Labute approximate surface area is 181 Å². The molecule has 0 radical (unpaired) electrons. The topological polar surface area (TPSA) is 82.3 Å². The summed E-state index contributed by atoms with van der Waals surface area (Å²) in [6.07, 6.45) is 6.64. The van der Waals surface area contributed by atoms with Crippen molar-refractivity contribution < 1.29 is 9.53 Å². The van der Waals surface area contributed by atoms with Crippen LogP contribution in [-0.4, -0.2) is 59.6 Å². The number of amides is 1. The van der Waals surface area contributed by atoms with Crippen LogP contribution in [0.3, 0.4) is 0 Å². The molecule has 3 N–H and O–H groups in total. The molecule has 162 valence electrons. The van der Waals surface area contributed by atoms with Crippen LogP contribution in [0.5, 0.6) is 0 Å². The number of carbonyl (C=O) groups excluding carboxylic acids is 1. The number of likely N-dealkylation sites (tertiary alicyclic amines) is 1. The lowest BCUT2D eigenvalue weighted by Crippen LogP contribution is -2.44. The molecule has 7 nitrogen and oxygen atoms in total. The van der Waals surface area contributed by atoms with Crippen LogP contribution < -0.4 is 10.6 Å². The molecule has 0 unspecified atom stereocenters. The number of imidazole rings is 1. The smallest absolute Gasteiger partial charge is 0.261 e. The van der Waals surface area contributed by atoms with Crippen molar-refractivity contribution in [2.75, 3.05) is 32.8 Å². The number of hydrogen-bond acceptors (Lipinski definition) is 6. The molecule has 3 aliphatic rings. The molecular weight excluding hydrogens is 398 g/mol. The lowest BCUT2D eigenvalue weighted by molar-refractivity contribution is -0.0771. The summed E-state index contributed by atoms with van der Waals surface area (Å²) < 4.78 is 6.26. The molecule has 0 aliphatic carbocycles. The molecule has 2 saturated heterocycles. The molecule has 0 aromatic carbocycles. The molecule has 0 atom stereocenters. The van der Waals surface area contributed by atoms with Crippen molar-refractivity contribution in [3.63, 3.8) is 0 Å². The number of thiophene rings is 1. The summed E-state index contributed by atoms with van der Waals surface area (Å²) in [6.45, 7) is 7.65. The predicted octanol–water partition coefficient (Wildman–Crippen LogP) is 2.33. The normalized spacial score (nSPS) is 22.2. The molecule has 1 spiro atoms. The highest BCUT2D eigenvalue weighted by atomic mass is 32.1. The zero-order valence-corrected chi connectivity index (χ0v) is 18.4. The Morgan fingerprint density at radius 1 is 1.37 bits per heavy atom. The first-order valence-electron chi connectivity index (χ1n) is 11.1. The SMILES string of the molecule is Cc1[nH]cnc1CN1CCC(NC(=O)c2cc3c(s2)C2(CCNCC2)OCC3)CC1. The van der Waals surface area contributed by atoms with Gasteiger partial charge in [-0.1, -0.05) is 0 Å². The Bertz CT molecular complexity index is 893. The van der Waals surface area contributed by atoms with Gasteiger partial charge in [0.15, 0.2) is 0 Å². The number of aromatic amines is 1. The van der Waals surface area contributed by atoms with Crippen LogP contribution in [0.25, 0.3) is 0 Å². The highest BCUT2D eigenvalue weighted by Gasteiger charge is 2.41. The highest BCUT2D eigenvalue weighted by Crippen LogP contribution is 2.44. The Hall–Kier alpha value is -1.74. The summed E-state index contributed by atoms with van der Waals surface area (Å²) in [5, 5.41) is 6.72. The van der Waals surface area contributed by atoms with Gasteiger partial charge in [-0.15, -0.1) is 11.3 Å². The minimum absolute atomic E-state index is 0.0834. The van der Waals surface area contributed by atoms with Crippen LogP contribution in [0.4, 0.5) is 0 Å². The number of aryl methyl sites for hydroxylation is 1. The van der Waals surface area contributed by atoms with Gasteiger partial charge in [0.1, 0.15) is 5.60 Å². The highest BCUT2D eigenvalue weighted by molar-refractivity contribution is 7.14. The molecule has 0 bridgehead atoms. The average molecular weight is 430 g/mol. The van der Waals surface area contributed by atoms with E-state index in [1.54, 1.807) is 17.7 Å². The molecule has 2 aromatic rings. The Balaban J connectivity index is 1.19. The Morgan fingerprint density at radius 2 is 2.17 bits per heavy atom. The number of carbonyl (C=O) groups is 1. The average Bonchev–Trinajstić information content (AvgIpc) is 3.38. The third kappa shape index (κ3) is 3.93. The van der Waals surface area contributed by atoms with E-state index in [0.717, 1.165) is 87.7 Å². The van der Waals surface area contributed by atoms with E-state index < -0.39 is 0 Å². The second-order valence-electron chi connectivity index (χ2n) is 8.81. The molecule has 8 heteroatoms. The molecule has 1 amide bonds. The van der Waals surface area contributed by atoms with E-state index in [2.05, 4.69) is 38.5 Å². The van der Waals surface area contributed by atoms with E-state index in [-0.39, 0.29) is 17.6 Å². The van der Waals surface area contributed by atoms with Crippen molar-refractivity contribution in [2.24, 2.45) is 0 Å². The van der Waals surface area contributed by atoms with E-state index >= 15 is 0 Å². The summed E-state index contributed by atoms with van der Waals surface area (Å²) in [6, 6.07) is 2.37. The summed E-state index contributed by atoms with van der Waals surface area (Å²) in [5.41, 5.74) is 3.42. The molecule has 0 saturated carbocycles. The quantitative estimate of drug-likeness (QED) is 0.695. The van der Waals surface area contributed by atoms with Crippen LogP contribution in [0, 0.1) is 6.92 Å². The van der Waals surface area contributed by atoms with E-state index in [1.807, 2.05) is 0 Å². The summed E-state index contributed by atoms with van der Waals surface area (Å²) in [7, 11) is 0. The standard InChI is InChI=1S/C22H31N5O2S/c1-15-18(25-14-24-15)13-27-9-2-17(3-10-27)26-21(28)19-12-16-4-11-29-22(20(16)30-19)5-7-23-8-6-22/h12,14,17,23H,2-11,13H2,1H3,(H,24,25)(H,26,28). The van der Waals surface area contributed by atoms with Crippen molar-refractivity contribution >= 4 is 17.2 Å². The van der Waals surface area contributed by atoms with E-state index in [1.165, 1.54) is 10.4 Å². The van der Waals surface area contributed by atoms with Gasteiger partial charge < -0.3 is 20.4 Å². The first kappa shape index (κ1) is 20.2. The lowest BCUT2D eigenvalue weighted by Gasteiger charge is -2.40. The second kappa shape index (κ2) is 8.42. The monoisotopic (exact) mass is 429 g/mol. The van der Waals surface area contributed by atoms with E-state index in [4.69, 9.17) is 4.74 Å². The summed E-state index contributed by atoms with van der Waals surface area (Å²) in [5.74, 6) is 0.0834. The maximum Gasteiger partial charge on any atom is 0.261 e. The number of fused-ring (bicyclic) bond motifs is 2. The predicted molar refractivity (Wildman–Crippen MR) is 117 cm³/mol. The lowest BCUT2D eigenvalue weighted by atomic mass is 9.86. The largest absolute Gasteiger partial charge is 0.369 e. The van der Waals surface area contributed by atoms with Gasteiger partial charge >= 0.3 is 0 Å².